The van der Waals surface area contributed by atoms with Crippen molar-refractivity contribution in [3.05, 3.63) is 28.5 Å². The second-order valence-electron chi connectivity index (χ2n) is 5.12. The Morgan fingerprint density at radius 2 is 1.88 bits per heavy atom. The molecular weight excluding hydrogens is 283 g/mol. The lowest BCUT2D eigenvalue weighted by Gasteiger charge is -2.39. The molecule has 0 saturated carbocycles. The van der Waals surface area contributed by atoms with Crippen LogP contribution >= 0.6 is 15.9 Å². The number of fused-ring (bicyclic) bond motifs is 2. The monoisotopic (exact) mass is 298 g/mol. The Kier molecular flexibility index (Phi) is 2.87. The fourth-order valence-corrected chi connectivity index (χ4v) is 3.53. The van der Waals surface area contributed by atoms with Gasteiger partial charge < -0.3 is 10.6 Å². The van der Waals surface area contributed by atoms with Crippen LogP contribution in [0.15, 0.2) is 22.7 Å². The molecule has 2 N–H and O–H groups in total. The van der Waals surface area contributed by atoms with Crippen molar-refractivity contribution in [2.24, 2.45) is 5.73 Å². The van der Waals surface area contributed by atoms with E-state index in [1.807, 2.05) is 6.07 Å². The van der Waals surface area contributed by atoms with Crippen LogP contribution < -0.4 is 10.6 Å². The molecule has 2 bridgehead atoms. The Morgan fingerprint density at radius 3 is 2.47 bits per heavy atom. The average molecular weight is 299 g/mol. The first-order chi connectivity index (χ1) is 8.15. The lowest BCUT2D eigenvalue weighted by Crippen LogP contribution is -2.47. The van der Waals surface area contributed by atoms with Crippen LogP contribution in [0.5, 0.6) is 0 Å². The number of piperidine rings is 1. The molecular formula is C13H16BrFN2. The zero-order chi connectivity index (χ0) is 12.0. The van der Waals surface area contributed by atoms with E-state index in [2.05, 4.69) is 20.8 Å². The highest BCUT2D eigenvalue weighted by Gasteiger charge is 2.39. The fraction of sp³-hybridized carbons (Fsp3) is 0.538. The number of halogens is 2. The van der Waals surface area contributed by atoms with Gasteiger partial charge in [-0.25, -0.2) is 4.39 Å². The molecule has 2 aliphatic rings. The van der Waals surface area contributed by atoms with Crippen molar-refractivity contribution in [2.45, 2.75) is 43.8 Å². The van der Waals surface area contributed by atoms with Crippen LogP contribution in [0.2, 0.25) is 0 Å². The van der Waals surface area contributed by atoms with Crippen LogP contribution in [0.3, 0.4) is 0 Å². The van der Waals surface area contributed by atoms with Crippen molar-refractivity contribution in [1.82, 2.24) is 0 Å². The van der Waals surface area contributed by atoms with Crippen molar-refractivity contribution in [3.63, 3.8) is 0 Å². The molecule has 0 spiro atoms. The van der Waals surface area contributed by atoms with Crippen molar-refractivity contribution in [1.29, 1.82) is 0 Å². The van der Waals surface area contributed by atoms with Gasteiger partial charge in [0.15, 0.2) is 0 Å². The summed E-state index contributed by atoms with van der Waals surface area (Å²) in [5.41, 5.74) is 7.05. The molecule has 17 heavy (non-hydrogen) atoms. The van der Waals surface area contributed by atoms with Gasteiger partial charge >= 0.3 is 0 Å². The van der Waals surface area contributed by atoms with E-state index in [1.165, 1.54) is 12.8 Å². The maximum Gasteiger partial charge on any atom is 0.139 e. The molecule has 0 aromatic heterocycles. The number of nitrogens with zero attached hydrogens (tertiary/aromatic N) is 1. The van der Waals surface area contributed by atoms with Gasteiger partial charge in [0.2, 0.25) is 0 Å². The van der Waals surface area contributed by atoms with E-state index in [9.17, 15) is 4.39 Å². The predicted octanol–water partition coefficient (Wildman–Crippen LogP) is 3.05. The molecule has 1 aromatic carbocycles. The molecule has 2 fully saturated rings. The predicted molar refractivity (Wildman–Crippen MR) is 70.6 cm³/mol. The van der Waals surface area contributed by atoms with E-state index in [4.69, 9.17) is 5.73 Å². The van der Waals surface area contributed by atoms with Crippen molar-refractivity contribution in [3.8, 4) is 0 Å². The largest absolute Gasteiger partial charge is 0.365 e. The van der Waals surface area contributed by atoms with E-state index < -0.39 is 0 Å². The first-order valence-corrected chi connectivity index (χ1v) is 6.93. The highest BCUT2D eigenvalue weighted by atomic mass is 79.9. The number of hydrogen-bond donors (Lipinski definition) is 1. The average Bonchev–Trinajstić information content (AvgIpc) is 2.55. The first kappa shape index (κ1) is 11.5. The van der Waals surface area contributed by atoms with Crippen LogP contribution in [0.4, 0.5) is 10.1 Å². The highest BCUT2D eigenvalue weighted by molar-refractivity contribution is 9.10. The summed E-state index contributed by atoms with van der Waals surface area (Å²) in [5, 5.41) is 0. The van der Waals surface area contributed by atoms with E-state index in [-0.39, 0.29) is 5.82 Å². The zero-order valence-electron chi connectivity index (χ0n) is 9.57. The molecule has 2 nitrogen and oxygen atoms in total. The minimum atomic E-state index is -0.184. The molecule has 2 saturated heterocycles. The smallest absolute Gasteiger partial charge is 0.139 e. The van der Waals surface area contributed by atoms with Crippen LogP contribution in [-0.4, -0.2) is 18.1 Å². The summed E-state index contributed by atoms with van der Waals surface area (Å²) in [6.07, 6.45) is 4.45. The molecule has 4 heteroatoms. The van der Waals surface area contributed by atoms with E-state index in [1.54, 1.807) is 12.1 Å². The fourth-order valence-electron chi connectivity index (χ4n) is 3.29. The maximum absolute atomic E-state index is 13.6. The van der Waals surface area contributed by atoms with Crippen LogP contribution in [-0.2, 0) is 0 Å². The Morgan fingerprint density at radius 1 is 1.24 bits per heavy atom. The second kappa shape index (κ2) is 4.25. The first-order valence-electron chi connectivity index (χ1n) is 6.14. The standard InChI is InChI=1S/C13H16BrFN2/c14-12-4-3-11(7-13(12)15)17-9-1-2-10(17)6-8(16)5-9/h3-4,7-10H,1-2,5-6,16H2. The molecule has 2 atom stereocenters. The SMILES string of the molecule is NC1CC2CCC(C1)N2c1ccc(Br)c(F)c1. The summed E-state index contributed by atoms with van der Waals surface area (Å²) in [4.78, 5) is 2.37. The van der Waals surface area contributed by atoms with Gasteiger partial charge in [-0.1, -0.05) is 0 Å². The third-order valence-corrected chi connectivity index (χ3v) is 4.61. The Balaban J connectivity index is 1.92. The summed E-state index contributed by atoms with van der Waals surface area (Å²) in [6, 6.07) is 6.75. The summed E-state index contributed by atoms with van der Waals surface area (Å²) < 4.78 is 14.1. The zero-order valence-corrected chi connectivity index (χ0v) is 11.2. The van der Waals surface area contributed by atoms with Gasteiger partial charge in [0.05, 0.1) is 4.47 Å². The van der Waals surface area contributed by atoms with E-state index in [0.29, 0.717) is 22.6 Å². The minimum absolute atomic E-state index is 0.184. The normalized spacial score (nSPS) is 31.9. The van der Waals surface area contributed by atoms with Gasteiger partial charge in [0, 0.05) is 23.8 Å². The Labute approximate surface area is 109 Å². The van der Waals surface area contributed by atoms with Gasteiger partial charge in [0.25, 0.3) is 0 Å². The van der Waals surface area contributed by atoms with Crippen molar-refractivity contribution >= 4 is 21.6 Å². The topological polar surface area (TPSA) is 29.3 Å². The number of anilines is 1. The molecule has 2 unspecified atom stereocenters. The molecule has 3 rings (SSSR count). The van der Waals surface area contributed by atoms with Crippen LogP contribution in [0, 0.1) is 5.82 Å². The van der Waals surface area contributed by atoms with Crippen molar-refractivity contribution < 1.29 is 4.39 Å². The van der Waals surface area contributed by atoms with Crippen molar-refractivity contribution in [2.75, 3.05) is 4.90 Å². The molecule has 0 radical (unpaired) electrons. The van der Waals surface area contributed by atoms with Gasteiger partial charge in [-0.2, -0.15) is 0 Å². The third-order valence-electron chi connectivity index (χ3n) is 3.97. The Hall–Kier alpha value is -0.610. The summed E-state index contributed by atoms with van der Waals surface area (Å²) in [6.45, 7) is 0. The van der Waals surface area contributed by atoms with Gasteiger partial charge in [0.1, 0.15) is 5.82 Å². The second-order valence-corrected chi connectivity index (χ2v) is 5.98. The molecule has 2 aliphatic heterocycles. The lowest BCUT2D eigenvalue weighted by atomic mass is 9.97. The summed E-state index contributed by atoms with van der Waals surface area (Å²) in [7, 11) is 0. The quantitative estimate of drug-likeness (QED) is 0.863. The number of hydrogen-bond acceptors (Lipinski definition) is 2. The third kappa shape index (κ3) is 1.97. The maximum atomic E-state index is 13.6. The number of rotatable bonds is 1. The number of benzene rings is 1. The summed E-state index contributed by atoms with van der Waals surface area (Å²) in [5.74, 6) is -0.184. The number of nitrogens with two attached hydrogens (primary N) is 1. The van der Waals surface area contributed by atoms with Gasteiger partial charge in [-0.15, -0.1) is 0 Å². The molecule has 2 heterocycles. The molecule has 0 amide bonds. The van der Waals surface area contributed by atoms with Gasteiger partial charge in [-0.05, 0) is 59.8 Å². The molecule has 0 aliphatic carbocycles. The Bertz CT molecular complexity index is 423. The lowest BCUT2D eigenvalue weighted by molar-refractivity contribution is 0.414. The highest BCUT2D eigenvalue weighted by Crippen LogP contribution is 2.39. The van der Waals surface area contributed by atoms with Gasteiger partial charge in [-0.3, -0.25) is 0 Å². The van der Waals surface area contributed by atoms with Crippen LogP contribution in [0.1, 0.15) is 25.7 Å². The molecule has 1 aromatic rings. The molecule has 92 valence electrons. The minimum Gasteiger partial charge on any atom is -0.365 e. The van der Waals surface area contributed by atoms with Crippen LogP contribution in [0.25, 0.3) is 0 Å². The summed E-state index contributed by atoms with van der Waals surface area (Å²) >= 11 is 3.20. The van der Waals surface area contributed by atoms with E-state index >= 15 is 0 Å². The van der Waals surface area contributed by atoms with E-state index in [0.717, 1.165) is 18.5 Å².